The minimum atomic E-state index is -3.40. The third-order valence-electron chi connectivity index (χ3n) is 1.99. The van der Waals surface area contributed by atoms with Crippen molar-refractivity contribution in [2.45, 2.75) is 6.92 Å². The molecule has 0 fully saturated rings. The molecule has 0 bridgehead atoms. The normalized spacial score (nSPS) is 11.3. The Hall–Kier alpha value is -1.27. The smallest absolute Gasteiger partial charge is 0.210 e. The van der Waals surface area contributed by atoms with Gasteiger partial charge in [0.2, 0.25) is 10.0 Å². The molecule has 84 valence electrons. The Labute approximate surface area is 89.5 Å². The van der Waals surface area contributed by atoms with E-state index in [2.05, 4.69) is 5.32 Å². The molecule has 0 saturated carbocycles. The third-order valence-corrected chi connectivity index (χ3v) is 2.76. The van der Waals surface area contributed by atoms with Crippen LogP contribution in [-0.2, 0) is 10.0 Å². The molecule has 1 aromatic rings. The Morgan fingerprint density at radius 1 is 1.40 bits per heavy atom. The number of aryl methyl sites for hydroxylation is 1. The van der Waals surface area contributed by atoms with Crippen molar-refractivity contribution in [3.63, 3.8) is 0 Å². The second kappa shape index (κ2) is 4.50. The summed E-state index contributed by atoms with van der Waals surface area (Å²) in [7, 11) is -3.40. The van der Waals surface area contributed by atoms with Gasteiger partial charge in [0.05, 0.1) is 5.75 Å². The van der Waals surface area contributed by atoms with Gasteiger partial charge in [-0.2, -0.15) is 0 Å². The van der Waals surface area contributed by atoms with Gasteiger partial charge in [-0.1, -0.05) is 0 Å². The van der Waals surface area contributed by atoms with Crippen molar-refractivity contribution in [1.82, 2.24) is 0 Å². The zero-order valence-corrected chi connectivity index (χ0v) is 9.34. The molecule has 1 rings (SSSR count). The Bertz CT molecular complexity index is 443. The van der Waals surface area contributed by atoms with Crippen LogP contribution in [-0.4, -0.2) is 20.7 Å². The van der Waals surface area contributed by atoms with Crippen molar-refractivity contribution >= 4 is 21.4 Å². The zero-order chi connectivity index (χ0) is 11.5. The van der Waals surface area contributed by atoms with Crippen LogP contribution in [0.4, 0.5) is 11.4 Å². The van der Waals surface area contributed by atoms with Crippen LogP contribution in [0.5, 0.6) is 0 Å². The first-order chi connectivity index (χ1) is 6.88. The van der Waals surface area contributed by atoms with Crippen LogP contribution in [0.2, 0.25) is 0 Å². The summed E-state index contributed by atoms with van der Waals surface area (Å²) in [4.78, 5) is 0. The highest BCUT2D eigenvalue weighted by Gasteiger charge is 2.02. The van der Waals surface area contributed by atoms with Crippen molar-refractivity contribution in [2.24, 2.45) is 5.14 Å². The summed E-state index contributed by atoms with van der Waals surface area (Å²) < 4.78 is 21.3. The van der Waals surface area contributed by atoms with Gasteiger partial charge < -0.3 is 11.1 Å². The lowest BCUT2D eigenvalue weighted by Gasteiger charge is -2.07. The number of nitrogens with one attached hydrogen (secondary N) is 1. The average Bonchev–Trinajstić information content (AvgIpc) is 2.09. The van der Waals surface area contributed by atoms with E-state index < -0.39 is 10.0 Å². The van der Waals surface area contributed by atoms with E-state index in [1.165, 1.54) is 0 Å². The fourth-order valence-corrected chi connectivity index (χ4v) is 1.51. The molecule has 1 aromatic carbocycles. The standard InChI is InChI=1S/C9H15N3O2S/c1-7-6-8(2-3-9(7)10)12-4-5-15(11,13)14/h2-3,6,12H,4-5,10H2,1H3,(H2,11,13,14). The number of sulfonamides is 1. The van der Waals surface area contributed by atoms with Gasteiger partial charge in [-0.25, -0.2) is 13.6 Å². The number of hydrogen-bond acceptors (Lipinski definition) is 4. The molecule has 5 nitrogen and oxygen atoms in total. The second-order valence-corrected chi connectivity index (χ2v) is 5.10. The molecule has 0 aliphatic heterocycles. The summed E-state index contributed by atoms with van der Waals surface area (Å²) in [6.45, 7) is 2.18. The van der Waals surface area contributed by atoms with Crippen LogP contribution in [0.15, 0.2) is 18.2 Å². The first kappa shape index (κ1) is 11.8. The maximum Gasteiger partial charge on any atom is 0.210 e. The number of anilines is 2. The molecule has 0 heterocycles. The van der Waals surface area contributed by atoms with Gasteiger partial charge in [0, 0.05) is 17.9 Å². The van der Waals surface area contributed by atoms with E-state index in [4.69, 9.17) is 10.9 Å². The minimum absolute atomic E-state index is 0.0869. The van der Waals surface area contributed by atoms with E-state index in [1.54, 1.807) is 12.1 Å². The monoisotopic (exact) mass is 229 g/mol. The van der Waals surface area contributed by atoms with Gasteiger partial charge in [-0.15, -0.1) is 0 Å². The lowest BCUT2D eigenvalue weighted by molar-refractivity contribution is 0.598. The van der Waals surface area contributed by atoms with Crippen LogP contribution in [0.1, 0.15) is 5.56 Å². The fourth-order valence-electron chi connectivity index (χ4n) is 1.12. The molecule has 0 atom stereocenters. The first-order valence-electron chi connectivity index (χ1n) is 4.49. The Morgan fingerprint density at radius 2 is 2.07 bits per heavy atom. The van der Waals surface area contributed by atoms with Crippen molar-refractivity contribution in [3.8, 4) is 0 Å². The predicted molar refractivity (Wildman–Crippen MR) is 62.1 cm³/mol. The molecule has 0 aromatic heterocycles. The van der Waals surface area contributed by atoms with Gasteiger partial charge in [-0.05, 0) is 30.7 Å². The van der Waals surface area contributed by atoms with E-state index in [0.717, 1.165) is 11.3 Å². The highest BCUT2D eigenvalue weighted by molar-refractivity contribution is 7.89. The molecule has 5 N–H and O–H groups in total. The Kier molecular flexibility index (Phi) is 3.54. The van der Waals surface area contributed by atoms with E-state index in [0.29, 0.717) is 12.2 Å². The van der Waals surface area contributed by atoms with Crippen molar-refractivity contribution < 1.29 is 8.42 Å². The molecule has 0 unspecified atom stereocenters. The molecule has 15 heavy (non-hydrogen) atoms. The van der Waals surface area contributed by atoms with Crippen LogP contribution in [0.25, 0.3) is 0 Å². The summed E-state index contributed by atoms with van der Waals surface area (Å²) >= 11 is 0. The molecular weight excluding hydrogens is 214 g/mol. The van der Waals surface area contributed by atoms with Crippen LogP contribution < -0.4 is 16.2 Å². The van der Waals surface area contributed by atoms with Crippen LogP contribution in [0.3, 0.4) is 0 Å². The van der Waals surface area contributed by atoms with E-state index in [-0.39, 0.29) is 5.75 Å². The van der Waals surface area contributed by atoms with Gasteiger partial charge in [0.1, 0.15) is 0 Å². The Morgan fingerprint density at radius 3 is 2.60 bits per heavy atom. The lowest BCUT2D eigenvalue weighted by Crippen LogP contribution is -2.22. The van der Waals surface area contributed by atoms with Gasteiger partial charge >= 0.3 is 0 Å². The van der Waals surface area contributed by atoms with Gasteiger partial charge in [-0.3, -0.25) is 0 Å². The third kappa shape index (κ3) is 4.18. The largest absolute Gasteiger partial charge is 0.399 e. The summed E-state index contributed by atoms with van der Waals surface area (Å²) in [6, 6.07) is 5.43. The number of rotatable bonds is 4. The van der Waals surface area contributed by atoms with E-state index in [9.17, 15) is 8.42 Å². The first-order valence-corrected chi connectivity index (χ1v) is 6.20. The van der Waals surface area contributed by atoms with Crippen LogP contribution in [0, 0.1) is 6.92 Å². The SMILES string of the molecule is Cc1cc(NCCS(N)(=O)=O)ccc1N. The lowest BCUT2D eigenvalue weighted by atomic mass is 10.2. The number of benzene rings is 1. The fraction of sp³-hybridized carbons (Fsp3) is 0.333. The Balaban J connectivity index is 2.55. The molecule has 6 heteroatoms. The van der Waals surface area contributed by atoms with Crippen LogP contribution >= 0.6 is 0 Å². The predicted octanol–water partition coefficient (Wildman–Crippen LogP) is 0.278. The van der Waals surface area contributed by atoms with E-state index in [1.807, 2.05) is 13.0 Å². The second-order valence-electron chi connectivity index (χ2n) is 3.37. The number of hydrogen-bond donors (Lipinski definition) is 3. The zero-order valence-electron chi connectivity index (χ0n) is 8.53. The minimum Gasteiger partial charge on any atom is -0.399 e. The summed E-state index contributed by atoms with van der Waals surface area (Å²) in [5.41, 5.74) is 8.15. The highest BCUT2D eigenvalue weighted by atomic mass is 32.2. The quantitative estimate of drug-likeness (QED) is 0.646. The number of nitrogen functional groups attached to an aromatic ring is 1. The maximum atomic E-state index is 10.7. The topological polar surface area (TPSA) is 98.2 Å². The summed E-state index contributed by atoms with van der Waals surface area (Å²) in [5.74, 6) is -0.0869. The summed E-state index contributed by atoms with van der Waals surface area (Å²) in [6.07, 6.45) is 0. The molecule has 0 aliphatic rings. The van der Waals surface area contributed by atoms with Crippen molar-refractivity contribution in [1.29, 1.82) is 0 Å². The number of primary sulfonamides is 1. The van der Waals surface area contributed by atoms with Gasteiger partial charge in [0.15, 0.2) is 0 Å². The molecule has 0 radical (unpaired) electrons. The average molecular weight is 229 g/mol. The van der Waals surface area contributed by atoms with Gasteiger partial charge in [0.25, 0.3) is 0 Å². The molecule has 0 spiro atoms. The number of nitrogens with two attached hydrogens (primary N) is 2. The highest BCUT2D eigenvalue weighted by Crippen LogP contribution is 2.16. The molecule has 0 amide bonds. The van der Waals surface area contributed by atoms with E-state index >= 15 is 0 Å². The molecule has 0 aliphatic carbocycles. The van der Waals surface area contributed by atoms with Crippen molar-refractivity contribution in [3.05, 3.63) is 23.8 Å². The van der Waals surface area contributed by atoms with Crippen molar-refractivity contribution in [2.75, 3.05) is 23.3 Å². The molecular formula is C9H15N3O2S. The molecule has 0 saturated heterocycles. The summed E-state index contributed by atoms with van der Waals surface area (Å²) in [5, 5.41) is 7.82. The maximum absolute atomic E-state index is 10.7.